The first-order valence-corrected chi connectivity index (χ1v) is 5.90. The van der Waals surface area contributed by atoms with Crippen LogP contribution in [-0.4, -0.2) is 9.55 Å². The maximum Gasteiger partial charge on any atom is 0.120 e. The Morgan fingerprint density at radius 2 is 2.33 bits per heavy atom. The van der Waals surface area contributed by atoms with Gasteiger partial charge in [0.15, 0.2) is 0 Å². The average Bonchev–Trinajstić information content (AvgIpc) is 2.77. The molecule has 2 rings (SSSR count). The molecule has 1 N–H and O–H groups in total. The van der Waals surface area contributed by atoms with Crippen LogP contribution in [0.15, 0.2) is 36.7 Å². The van der Waals surface area contributed by atoms with Crippen LogP contribution in [-0.2, 0) is 13.6 Å². The molecule has 4 heteroatoms. The molecule has 0 aromatic carbocycles. The Morgan fingerprint density at radius 3 is 2.94 bits per heavy atom. The van der Waals surface area contributed by atoms with Crippen molar-refractivity contribution in [3.8, 4) is 6.07 Å². The van der Waals surface area contributed by atoms with Crippen LogP contribution in [0.25, 0.3) is 0 Å². The normalized spacial score (nSPS) is 12.1. The smallest absolute Gasteiger partial charge is 0.120 e. The molecule has 1 atom stereocenters. The van der Waals surface area contributed by atoms with Gasteiger partial charge in [0.2, 0.25) is 0 Å². The highest BCUT2D eigenvalue weighted by molar-refractivity contribution is 5.28. The first-order chi connectivity index (χ1) is 8.70. The molecule has 18 heavy (non-hydrogen) atoms. The Bertz CT molecular complexity index is 551. The van der Waals surface area contributed by atoms with Gasteiger partial charge in [0.25, 0.3) is 0 Å². The molecule has 0 unspecified atom stereocenters. The molecule has 4 nitrogen and oxygen atoms in total. The van der Waals surface area contributed by atoms with Crippen LogP contribution in [0.3, 0.4) is 0 Å². The van der Waals surface area contributed by atoms with Gasteiger partial charge in [-0.1, -0.05) is 6.07 Å². The molecule has 0 radical (unpaired) electrons. The van der Waals surface area contributed by atoms with Gasteiger partial charge in [-0.05, 0) is 30.7 Å². The van der Waals surface area contributed by atoms with Crippen LogP contribution in [0.1, 0.15) is 29.9 Å². The second kappa shape index (κ2) is 5.48. The summed E-state index contributed by atoms with van der Waals surface area (Å²) in [6.07, 6.45) is 3.76. The second-order valence-electron chi connectivity index (χ2n) is 4.31. The zero-order valence-corrected chi connectivity index (χ0v) is 10.6. The van der Waals surface area contributed by atoms with Gasteiger partial charge in [0, 0.05) is 32.0 Å². The third kappa shape index (κ3) is 2.76. The summed E-state index contributed by atoms with van der Waals surface area (Å²) in [6, 6.07) is 10.1. The fourth-order valence-corrected chi connectivity index (χ4v) is 1.85. The van der Waals surface area contributed by atoms with E-state index < -0.39 is 0 Å². The number of hydrogen-bond donors (Lipinski definition) is 1. The van der Waals surface area contributed by atoms with E-state index in [-0.39, 0.29) is 6.04 Å². The van der Waals surface area contributed by atoms with Crippen molar-refractivity contribution in [1.29, 1.82) is 5.26 Å². The SMILES string of the molecule is C[C@H](NCc1cc(C#N)n(C)c1)c1ccccn1. The lowest BCUT2D eigenvalue weighted by atomic mass is 10.2. The number of hydrogen-bond acceptors (Lipinski definition) is 3. The average molecular weight is 240 g/mol. The largest absolute Gasteiger partial charge is 0.342 e. The molecule has 2 heterocycles. The summed E-state index contributed by atoms with van der Waals surface area (Å²) in [4.78, 5) is 4.31. The summed E-state index contributed by atoms with van der Waals surface area (Å²) >= 11 is 0. The topological polar surface area (TPSA) is 53.6 Å². The van der Waals surface area contributed by atoms with E-state index in [2.05, 4.69) is 23.3 Å². The maximum absolute atomic E-state index is 8.89. The fourth-order valence-electron chi connectivity index (χ4n) is 1.85. The van der Waals surface area contributed by atoms with Crippen molar-refractivity contribution in [3.05, 3.63) is 53.6 Å². The molecule has 0 aliphatic rings. The molecule has 0 aliphatic carbocycles. The van der Waals surface area contributed by atoms with E-state index in [9.17, 15) is 0 Å². The summed E-state index contributed by atoms with van der Waals surface area (Å²) in [5, 5.41) is 12.3. The zero-order chi connectivity index (χ0) is 13.0. The minimum atomic E-state index is 0.192. The van der Waals surface area contributed by atoms with Gasteiger partial charge in [-0.2, -0.15) is 5.26 Å². The van der Waals surface area contributed by atoms with E-state index in [1.165, 1.54) is 0 Å². The molecule has 92 valence electrons. The number of nitrogens with one attached hydrogen (secondary N) is 1. The Labute approximate surface area is 107 Å². The molecule has 2 aromatic heterocycles. The molecule has 0 aliphatic heterocycles. The quantitative estimate of drug-likeness (QED) is 0.890. The predicted octanol–water partition coefficient (Wildman–Crippen LogP) is 2.14. The van der Waals surface area contributed by atoms with Crippen molar-refractivity contribution in [2.45, 2.75) is 19.5 Å². The van der Waals surface area contributed by atoms with E-state index in [0.717, 1.165) is 17.8 Å². The summed E-state index contributed by atoms with van der Waals surface area (Å²) in [5.74, 6) is 0. The van der Waals surface area contributed by atoms with Crippen molar-refractivity contribution < 1.29 is 0 Å². The minimum absolute atomic E-state index is 0.192. The molecular formula is C14H16N4. The van der Waals surface area contributed by atoms with E-state index in [4.69, 9.17) is 5.26 Å². The highest BCUT2D eigenvalue weighted by Gasteiger charge is 2.07. The molecule has 0 spiro atoms. The van der Waals surface area contributed by atoms with Crippen LogP contribution < -0.4 is 5.32 Å². The zero-order valence-electron chi connectivity index (χ0n) is 10.6. The molecular weight excluding hydrogens is 224 g/mol. The van der Waals surface area contributed by atoms with Crippen molar-refractivity contribution in [3.63, 3.8) is 0 Å². The monoisotopic (exact) mass is 240 g/mol. The highest BCUT2D eigenvalue weighted by atomic mass is 15.0. The van der Waals surface area contributed by atoms with Crippen molar-refractivity contribution >= 4 is 0 Å². The lowest BCUT2D eigenvalue weighted by Crippen LogP contribution is -2.18. The standard InChI is InChI=1S/C14H16N4/c1-11(14-5-3-4-6-16-14)17-9-12-7-13(8-15)18(2)10-12/h3-7,10-11,17H,9H2,1-2H3/t11-/m0/s1. The molecule has 0 amide bonds. The molecule has 0 saturated heterocycles. The molecule has 0 fully saturated rings. The Kier molecular flexibility index (Phi) is 3.75. The predicted molar refractivity (Wildman–Crippen MR) is 69.6 cm³/mol. The van der Waals surface area contributed by atoms with E-state index in [0.29, 0.717) is 5.69 Å². The number of nitriles is 1. The first kappa shape index (κ1) is 12.3. The Morgan fingerprint density at radius 1 is 1.50 bits per heavy atom. The number of aromatic nitrogens is 2. The summed E-state index contributed by atoms with van der Waals surface area (Å²) in [6.45, 7) is 2.81. The van der Waals surface area contributed by atoms with E-state index in [1.54, 1.807) is 6.20 Å². The van der Waals surface area contributed by atoms with Gasteiger partial charge in [-0.15, -0.1) is 0 Å². The molecule has 2 aromatic rings. The van der Waals surface area contributed by atoms with Gasteiger partial charge in [-0.3, -0.25) is 4.98 Å². The minimum Gasteiger partial charge on any atom is -0.342 e. The number of pyridine rings is 1. The number of rotatable bonds is 4. The Hall–Kier alpha value is -2.12. The first-order valence-electron chi connectivity index (χ1n) is 5.90. The van der Waals surface area contributed by atoms with Gasteiger partial charge in [0.05, 0.1) is 5.69 Å². The number of aryl methyl sites for hydroxylation is 1. The van der Waals surface area contributed by atoms with Gasteiger partial charge in [0.1, 0.15) is 11.8 Å². The van der Waals surface area contributed by atoms with Gasteiger partial charge in [-0.25, -0.2) is 0 Å². The molecule has 0 bridgehead atoms. The second-order valence-corrected chi connectivity index (χ2v) is 4.31. The third-order valence-corrected chi connectivity index (χ3v) is 2.92. The van der Waals surface area contributed by atoms with Crippen LogP contribution in [0.2, 0.25) is 0 Å². The lowest BCUT2D eigenvalue weighted by Gasteiger charge is -2.12. The summed E-state index contributed by atoms with van der Waals surface area (Å²) < 4.78 is 1.84. The van der Waals surface area contributed by atoms with Crippen molar-refractivity contribution in [2.24, 2.45) is 7.05 Å². The van der Waals surface area contributed by atoms with E-state index >= 15 is 0 Å². The van der Waals surface area contributed by atoms with E-state index in [1.807, 2.05) is 42.1 Å². The lowest BCUT2D eigenvalue weighted by molar-refractivity contribution is 0.561. The fraction of sp³-hybridized carbons (Fsp3) is 0.286. The van der Waals surface area contributed by atoms with Crippen molar-refractivity contribution in [2.75, 3.05) is 0 Å². The van der Waals surface area contributed by atoms with Crippen LogP contribution in [0.5, 0.6) is 0 Å². The highest BCUT2D eigenvalue weighted by Crippen LogP contribution is 2.11. The third-order valence-electron chi connectivity index (χ3n) is 2.92. The van der Waals surface area contributed by atoms with Crippen LogP contribution in [0, 0.1) is 11.3 Å². The van der Waals surface area contributed by atoms with Crippen LogP contribution in [0.4, 0.5) is 0 Å². The summed E-state index contributed by atoms with van der Waals surface area (Å²) in [5.41, 5.74) is 2.81. The molecule has 0 saturated carbocycles. The van der Waals surface area contributed by atoms with Crippen molar-refractivity contribution in [1.82, 2.24) is 14.9 Å². The number of nitrogens with zero attached hydrogens (tertiary/aromatic N) is 3. The van der Waals surface area contributed by atoms with Gasteiger partial charge < -0.3 is 9.88 Å². The van der Waals surface area contributed by atoms with Crippen LogP contribution >= 0.6 is 0 Å². The summed E-state index contributed by atoms with van der Waals surface area (Å²) in [7, 11) is 1.88. The van der Waals surface area contributed by atoms with Gasteiger partial charge >= 0.3 is 0 Å². The Balaban J connectivity index is 1.97. The maximum atomic E-state index is 8.89.